The summed E-state index contributed by atoms with van der Waals surface area (Å²) in [6, 6.07) is 6.62. The fourth-order valence-corrected chi connectivity index (χ4v) is 2.02. The van der Waals surface area contributed by atoms with E-state index in [0.717, 1.165) is 26.2 Å². The van der Waals surface area contributed by atoms with Crippen molar-refractivity contribution in [3.8, 4) is 0 Å². The highest BCUT2D eigenvalue weighted by Crippen LogP contribution is 2.22. The average molecular weight is 205 g/mol. The standard InChI is InChI=1S/C12H19N3/c1-10-3-4-11(2)12(9-10)14-5-7-15(13)8-6-14/h3-4,9H,5-8,13H2,1-2H3. The van der Waals surface area contributed by atoms with Crippen LogP contribution in [0.3, 0.4) is 0 Å². The third-order valence-corrected chi connectivity index (χ3v) is 3.02. The van der Waals surface area contributed by atoms with Crippen LogP contribution in [0.2, 0.25) is 0 Å². The molecule has 0 spiro atoms. The monoisotopic (exact) mass is 205 g/mol. The molecule has 3 heteroatoms. The van der Waals surface area contributed by atoms with Crippen LogP contribution in [0.25, 0.3) is 0 Å². The lowest BCUT2D eigenvalue weighted by Crippen LogP contribution is -2.49. The lowest BCUT2D eigenvalue weighted by molar-refractivity contribution is 0.266. The van der Waals surface area contributed by atoms with E-state index in [-0.39, 0.29) is 0 Å². The van der Waals surface area contributed by atoms with Crippen molar-refractivity contribution in [2.75, 3.05) is 31.1 Å². The van der Waals surface area contributed by atoms with Crippen LogP contribution in [0.15, 0.2) is 18.2 Å². The van der Waals surface area contributed by atoms with Crippen molar-refractivity contribution in [1.82, 2.24) is 5.01 Å². The minimum Gasteiger partial charge on any atom is -0.369 e. The number of benzene rings is 1. The maximum absolute atomic E-state index is 5.75. The van der Waals surface area contributed by atoms with Gasteiger partial charge in [-0.2, -0.15) is 0 Å². The minimum absolute atomic E-state index is 0.952. The Balaban J connectivity index is 2.18. The zero-order chi connectivity index (χ0) is 10.8. The molecule has 2 N–H and O–H groups in total. The van der Waals surface area contributed by atoms with Crippen molar-refractivity contribution in [2.24, 2.45) is 5.84 Å². The van der Waals surface area contributed by atoms with Crippen LogP contribution in [0.1, 0.15) is 11.1 Å². The Bertz CT molecular complexity index is 341. The van der Waals surface area contributed by atoms with Gasteiger partial charge < -0.3 is 4.90 Å². The number of hydrogen-bond donors (Lipinski definition) is 1. The molecular weight excluding hydrogens is 186 g/mol. The Morgan fingerprint density at radius 2 is 1.73 bits per heavy atom. The number of nitrogens with zero attached hydrogens (tertiary/aromatic N) is 2. The smallest absolute Gasteiger partial charge is 0.0399 e. The predicted octanol–water partition coefficient (Wildman–Crippen LogP) is 1.30. The fourth-order valence-electron chi connectivity index (χ4n) is 2.02. The molecule has 1 saturated heterocycles. The van der Waals surface area contributed by atoms with Crippen molar-refractivity contribution < 1.29 is 0 Å². The fraction of sp³-hybridized carbons (Fsp3) is 0.500. The van der Waals surface area contributed by atoms with Gasteiger partial charge in [0.1, 0.15) is 0 Å². The van der Waals surface area contributed by atoms with Crippen LogP contribution >= 0.6 is 0 Å². The molecule has 3 nitrogen and oxygen atoms in total. The highest BCUT2D eigenvalue weighted by atomic mass is 15.4. The summed E-state index contributed by atoms with van der Waals surface area (Å²) in [5.74, 6) is 5.75. The summed E-state index contributed by atoms with van der Waals surface area (Å²) in [7, 11) is 0. The van der Waals surface area contributed by atoms with E-state index in [4.69, 9.17) is 5.84 Å². The van der Waals surface area contributed by atoms with Crippen LogP contribution in [-0.4, -0.2) is 31.2 Å². The maximum Gasteiger partial charge on any atom is 0.0399 e. The first kappa shape index (κ1) is 10.5. The second kappa shape index (κ2) is 4.21. The van der Waals surface area contributed by atoms with Gasteiger partial charge in [-0.05, 0) is 31.0 Å². The van der Waals surface area contributed by atoms with Gasteiger partial charge in [0, 0.05) is 31.9 Å². The first-order valence-electron chi connectivity index (χ1n) is 5.48. The van der Waals surface area contributed by atoms with Gasteiger partial charge in [-0.3, -0.25) is 5.84 Å². The zero-order valence-corrected chi connectivity index (χ0v) is 9.53. The summed E-state index contributed by atoms with van der Waals surface area (Å²) in [6.45, 7) is 8.27. The highest BCUT2D eigenvalue weighted by Gasteiger charge is 2.15. The molecular formula is C12H19N3. The van der Waals surface area contributed by atoms with E-state index in [9.17, 15) is 0 Å². The Labute approximate surface area is 91.4 Å². The lowest BCUT2D eigenvalue weighted by Gasteiger charge is -2.34. The van der Waals surface area contributed by atoms with Crippen LogP contribution in [-0.2, 0) is 0 Å². The highest BCUT2D eigenvalue weighted by molar-refractivity contribution is 5.55. The molecule has 1 fully saturated rings. The molecule has 0 radical (unpaired) electrons. The number of rotatable bonds is 1. The second-order valence-corrected chi connectivity index (χ2v) is 4.31. The number of anilines is 1. The van der Waals surface area contributed by atoms with Gasteiger partial charge in [-0.15, -0.1) is 0 Å². The van der Waals surface area contributed by atoms with Gasteiger partial charge in [0.25, 0.3) is 0 Å². The first-order valence-corrected chi connectivity index (χ1v) is 5.48. The average Bonchev–Trinajstić information content (AvgIpc) is 2.23. The molecule has 0 amide bonds. The number of aryl methyl sites for hydroxylation is 2. The molecule has 0 bridgehead atoms. The molecule has 1 heterocycles. The SMILES string of the molecule is Cc1ccc(C)c(N2CCN(N)CC2)c1. The van der Waals surface area contributed by atoms with Gasteiger partial charge in [0.2, 0.25) is 0 Å². The van der Waals surface area contributed by atoms with Gasteiger partial charge in [0.15, 0.2) is 0 Å². The van der Waals surface area contributed by atoms with Crippen LogP contribution < -0.4 is 10.7 Å². The van der Waals surface area contributed by atoms with Gasteiger partial charge in [-0.25, -0.2) is 5.01 Å². The summed E-state index contributed by atoms with van der Waals surface area (Å²) < 4.78 is 0. The summed E-state index contributed by atoms with van der Waals surface area (Å²) in [4.78, 5) is 2.42. The van der Waals surface area contributed by atoms with Crippen molar-refractivity contribution in [1.29, 1.82) is 0 Å². The van der Waals surface area contributed by atoms with Gasteiger partial charge in [-0.1, -0.05) is 12.1 Å². The molecule has 82 valence electrons. The third-order valence-electron chi connectivity index (χ3n) is 3.02. The molecule has 2 rings (SSSR count). The van der Waals surface area contributed by atoms with Crippen LogP contribution in [0, 0.1) is 13.8 Å². The van der Waals surface area contributed by atoms with E-state index in [0.29, 0.717) is 0 Å². The lowest BCUT2D eigenvalue weighted by atomic mass is 10.1. The number of hydrogen-bond acceptors (Lipinski definition) is 3. The molecule has 1 aromatic rings. The first-order chi connectivity index (χ1) is 7.16. The van der Waals surface area contributed by atoms with Crippen molar-refractivity contribution >= 4 is 5.69 Å². The van der Waals surface area contributed by atoms with E-state index in [1.165, 1.54) is 16.8 Å². The predicted molar refractivity (Wildman–Crippen MR) is 63.9 cm³/mol. The summed E-state index contributed by atoms with van der Waals surface area (Å²) in [5.41, 5.74) is 4.04. The normalized spacial score (nSPS) is 18.2. The van der Waals surface area contributed by atoms with Gasteiger partial charge in [0.05, 0.1) is 0 Å². The number of piperazine rings is 1. The molecule has 0 aliphatic carbocycles. The molecule has 0 saturated carbocycles. The van der Waals surface area contributed by atoms with Crippen LogP contribution in [0.4, 0.5) is 5.69 Å². The molecule has 1 aliphatic heterocycles. The molecule has 1 aromatic carbocycles. The Hall–Kier alpha value is -1.06. The Kier molecular flexibility index (Phi) is 2.93. The van der Waals surface area contributed by atoms with Crippen molar-refractivity contribution in [3.63, 3.8) is 0 Å². The van der Waals surface area contributed by atoms with E-state index >= 15 is 0 Å². The minimum atomic E-state index is 0.952. The zero-order valence-electron chi connectivity index (χ0n) is 9.53. The Morgan fingerprint density at radius 1 is 1.07 bits per heavy atom. The summed E-state index contributed by atoms with van der Waals surface area (Å²) in [6.07, 6.45) is 0. The quantitative estimate of drug-likeness (QED) is 0.701. The molecule has 0 aromatic heterocycles. The molecule has 15 heavy (non-hydrogen) atoms. The third kappa shape index (κ3) is 2.30. The van der Waals surface area contributed by atoms with Crippen LogP contribution in [0.5, 0.6) is 0 Å². The topological polar surface area (TPSA) is 32.5 Å². The Morgan fingerprint density at radius 3 is 2.40 bits per heavy atom. The van der Waals surface area contributed by atoms with E-state index in [2.05, 4.69) is 36.9 Å². The molecule has 1 aliphatic rings. The molecule has 0 atom stereocenters. The molecule has 0 unspecified atom stereocenters. The van der Waals surface area contributed by atoms with Crippen molar-refractivity contribution in [3.05, 3.63) is 29.3 Å². The second-order valence-electron chi connectivity index (χ2n) is 4.31. The number of hydrazine groups is 1. The summed E-state index contributed by atoms with van der Waals surface area (Å²) in [5, 5.41) is 1.89. The number of nitrogens with two attached hydrogens (primary N) is 1. The summed E-state index contributed by atoms with van der Waals surface area (Å²) >= 11 is 0. The van der Waals surface area contributed by atoms with E-state index < -0.39 is 0 Å². The van der Waals surface area contributed by atoms with E-state index in [1.807, 2.05) is 5.01 Å². The van der Waals surface area contributed by atoms with Gasteiger partial charge >= 0.3 is 0 Å². The van der Waals surface area contributed by atoms with Crippen molar-refractivity contribution in [2.45, 2.75) is 13.8 Å². The maximum atomic E-state index is 5.75. The largest absolute Gasteiger partial charge is 0.369 e. The van der Waals surface area contributed by atoms with E-state index in [1.54, 1.807) is 0 Å².